The second-order valence-corrected chi connectivity index (χ2v) is 23.9. The molecule has 0 heterocycles. The summed E-state index contributed by atoms with van der Waals surface area (Å²) in [5.74, 6) is -0.627. The molecule has 0 spiro atoms. The van der Waals surface area contributed by atoms with E-state index in [-0.39, 0.29) is 25.2 Å². The Morgan fingerprint density at radius 3 is 0.652 bits per heavy atom. The summed E-state index contributed by atoms with van der Waals surface area (Å²) in [7, 11) is 0. The Hall–Kier alpha value is -5.78. The minimum Gasteiger partial charge on any atom is -0.462 e. The molecule has 0 fully saturated rings. The Kier molecular flexibility index (Phi) is 74.5. The minimum absolute atomic E-state index is 0.0873. The number of esters is 2. The van der Waals surface area contributed by atoms with Crippen LogP contribution in [-0.2, 0) is 19.1 Å². The van der Waals surface area contributed by atoms with E-state index in [2.05, 4.69) is 233 Å². The third-order valence-corrected chi connectivity index (χ3v) is 15.3. The van der Waals surface area contributed by atoms with Gasteiger partial charge in [0.25, 0.3) is 0 Å². The van der Waals surface area contributed by atoms with Crippen LogP contribution in [0.5, 0.6) is 0 Å². The molecule has 0 saturated heterocycles. The second-order valence-electron chi connectivity index (χ2n) is 23.9. The number of hydrogen-bond donors (Lipinski definition) is 1. The normalized spacial score (nSPS) is 13.6. The first kappa shape index (κ1) is 86.2. The molecule has 0 rings (SSSR count). The zero-order valence-electron chi connectivity index (χ0n) is 59.0. The van der Waals surface area contributed by atoms with Gasteiger partial charge < -0.3 is 14.6 Å². The van der Waals surface area contributed by atoms with Crippen molar-refractivity contribution in [2.75, 3.05) is 13.2 Å². The van der Waals surface area contributed by atoms with Gasteiger partial charge in [0.05, 0.1) is 6.61 Å². The van der Waals surface area contributed by atoms with Gasteiger partial charge in [-0.3, -0.25) is 9.59 Å². The summed E-state index contributed by atoms with van der Waals surface area (Å²) in [6.45, 7) is 3.89. The van der Waals surface area contributed by atoms with Crippen LogP contribution >= 0.6 is 0 Å². The lowest BCUT2D eigenvalue weighted by Gasteiger charge is -2.15. The van der Waals surface area contributed by atoms with E-state index >= 15 is 0 Å². The monoisotopic (exact) mass is 1260 g/mol. The van der Waals surface area contributed by atoms with E-state index < -0.39 is 6.10 Å². The highest BCUT2D eigenvalue weighted by molar-refractivity contribution is 5.70. The van der Waals surface area contributed by atoms with Gasteiger partial charge in [-0.15, -0.1) is 0 Å². The molecule has 0 aliphatic heterocycles. The van der Waals surface area contributed by atoms with E-state index in [1.165, 1.54) is 103 Å². The number of rotatable bonds is 66. The third-order valence-electron chi connectivity index (χ3n) is 15.3. The highest BCUT2D eigenvalue weighted by Gasteiger charge is 2.16. The molecule has 0 amide bonds. The third kappa shape index (κ3) is 76.7. The first-order chi connectivity index (χ1) is 45.6. The second kappa shape index (κ2) is 79.5. The topological polar surface area (TPSA) is 72.8 Å². The number of unbranched alkanes of at least 4 members (excludes halogenated alkanes) is 22. The maximum absolute atomic E-state index is 12.4. The van der Waals surface area contributed by atoms with Crippen molar-refractivity contribution < 1.29 is 24.2 Å². The Morgan fingerprint density at radius 1 is 0.250 bits per heavy atom. The van der Waals surface area contributed by atoms with Crippen LogP contribution in [0.4, 0.5) is 0 Å². The number of aliphatic hydroxyl groups is 1. The van der Waals surface area contributed by atoms with Crippen molar-refractivity contribution in [3.63, 3.8) is 0 Å². The molecule has 0 aromatic rings. The molecule has 514 valence electrons. The standard InChI is InChI=1S/C87H136O5/c1-3-5-7-9-11-13-15-17-19-21-23-25-27-29-31-33-35-37-39-41-42-43-44-46-48-50-52-54-56-58-60-62-64-66-68-70-72-74-76-78-80-82-87(90)92-85(83-88)84-91-86(89)81-79-77-75-73-71-69-67-65-63-61-59-57-55-53-51-49-47-45-40-38-36-34-32-30-28-26-24-22-20-18-16-14-12-10-8-6-4-2/h5-8,11-14,17-20,23-26,29-32,35-38,41-42,44,46,50,52,56,58,62,64,68,70,85,88H,3-4,9-10,15-16,21-22,27-28,33-34,39-40,43,45,47-49,51,53-55,57,59-61,63,65-67,69,71-84H2,1-2H3/b7-5-,8-6-,13-11-,14-12-,19-17-,20-18-,25-23-,26-24-,31-29-,32-30-,37-35-,38-36-,42-41-,46-44-,52-50-,58-56-,64-62-,70-68-. The number of aliphatic hydroxyl groups excluding tert-OH is 1. The van der Waals surface area contributed by atoms with Crippen molar-refractivity contribution in [2.45, 2.75) is 302 Å². The molecule has 92 heavy (non-hydrogen) atoms. The molecule has 5 nitrogen and oxygen atoms in total. The maximum Gasteiger partial charge on any atom is 0.306 e. The lowest BCUT2D eigenvalue weighted by molar-refractivity contribution is -0.161. The lowest BCUT2D eigenvalue weighted by Crippen LogP contribution is -2.28. The Balaban J connectivity index is 3.60. The SMILES string of the molecule is CC/C=C\C/C=C\C/C=C\C/C=C\C/C=C\C/C=C\C/C=C\C/C=C\C/C=C\C/C=C\C/C=C\C/C=C\CCCCCCC(=O)OC(CO)COC(=O)CCCCCCCCCCCCCCCCCCCC/C=C\C/C=C\C/C=C\C/C=C\C/C=C\C/C=C\CC. The quantitative estimate of drug-likeness (QED) is 0.0373. The average Bonchev–Trinajstić information content (AvgIpc) is 3.64. The van der Waals surface area contributed by atoms with Crippen LogP contribution in [0.25, 0.3) is 0 Å². The van der Waals surface area contributed by atoms with E-state index in [9.17, 15) is 14.7 Å². The van der Waals surface area contributed by atoms with Crippen LogP contribution in [0.3, 0.4) is 0 Å². The van der Waals surface area contributed by atoms with E-state index in [1.54, 1.807) is 0 Å². The molecule has 0 aromatic carbocycles. The zero-order valence-corrected chi connectivity index (χ0v) is 59.0. The molecule has 5 heteroatoms. The van der Waals surface area contributed by atoms with Crippen LogP contribution < -0.4 is 0 Å². The van der Waals surface area contributed by atoms with Gasteiger partial charge in [-0.05, 0) is 154 Å². The number of ether oxygens (including phenoxy) is 2. The number of allylic oxidation sites excluding steroid dienone is 36. The van der Waals surface area contributed by atoms with Gasteiger partial charge in [0.15, 0.2) is 6.10 Å². The van der Waals surface area contributed by atoms with Gasteiger partial charge in [-0.1, -0.05) is 348 Å². The van der Waals surface area contributed by atoms with Crippen LogP contribution in [0, 0.1) is 0 Å². The van der Waals surface area contributed by atoms with Gasteiger partial charge in [0.2, 0.25) is 0 Å². The van der Waals surface area contributed by atoms with Gasteiger partial charge >= 0.3 is 11.9 Å². The molecule has 1 atom stereocenters. The van der Waals surface area contributed by atoms with Crippen molar-refractivity contribution in [1.82, 2.24) is 0 Å². The van der Waals surface area contributed by atoms with Crippen LogP contribution in [-0.4, -0.2) is 36.4 Å². The Morgan fingerprint density at radius 2 is 0.435 bits per heavy atom. The fourth-order valence-electron chi connectivity index (χ4n) is 9.78. The summed E-state index contributed by atoms with van der Waals surface area (Å²) >= 11 is 0. The van der Waals surface area contributed by atoms with Gasteiger partial charge in [-0.25, -0.2) is 0 Å². The molecule has 0 saturated carbocycles. The van der Waals surface area contributed by atoms with Crippen molar-refractivity contribution >= 4 is 11.9 Å². The van der Waals surface area contributed by atoms with E-state index in [0.29, 0.717) is 12.8 Å². The van der Waals surface area contributed by atoms with E-state index in [1.807, 2.05) is 0 Å². The minimum atomic E-state index is -0.802. The summed E-state index contributed by atoms with van der Waals surface area (Å²) in [5, 5.41) is 9.71. The molecule has 0 aromatic heterocycles. The van der Waals surface area contributed by atoms with Crippen LogP contribution in [0.2, 0.25) is 0 Å². The van der Waals surface area contributed by atoms with E-state index in [4.69, 9.17) is 9.47 Å². The lowest BCUT2D eigenvalue weighted by atomic mass is 10.0. The maximum atomic E-state index is 12.4. The molecule has 1 N–H and O–H groups in total. The van der Waals surface area contributed by atoms with E-state index in [0.717, 1.165) is 167 Å². The fraction of sp³-hybridized carbons (Fsp3) is 0.563. The molecular formula is C87H136O5. The van der Waals surface area contributed by atoms with Crippen molar-refractivity contribution in [3.8, 4) is 0 Å². The first-order valence-electron chi connectivity index (χ1n) is 37.3. The van der Waals surface area contributed by atoms with Gasteiger partial charge in [0.1, 0.15) is 6.61 Å². The summed E-state index contributed by atoms with van der Waals surface area (Å²) in [4.78, 5) is 24.7. The molecule has 0 aliphatic carbocycles. The Bertz CT molecular complexity index is 2170. The predicted octanol–water partition coefficient (Wildman–Crippen LogP) is 26.6. The first-order valence-corrected chi connectivity index (χ1v) is 37.3. The van der Waals surface area contributed by atoms with Crippen molar-refractivity contribution in [2.24, 2.45) is 0 Å². The van der Waals surface area contributed by atoms with Crippen LogP contribution in [0.15, 0.2) is 219 Å². The summed E-state index contributed by atoms with van der Waals surface area (Å²) < 4.78 is 10.7. The van der Waals surface area contributed by atoms with Crippen molar-refractivity contribution in [3.05, 3.63) is 219 Å². The number of carbonyl (C=O) groups excluding carboxylic acids is 2. The molecule has 1 unspecified atom stereocenters. The smallest absolute Gasteiger partial charge is 0.306 e. The zero-order chi connectivity index (χ0) is 66.1. The largest absolute Gasteiger partial charge is 0.462 e. The predicted molar refractivity (Wildman–Crippen MR) is 407 cm³/mol. The van der Waals surface area contributed by atoms with Crippen LogP contribution in [0.1, 0.15) is 296 Å². The average molecular weight is 1260 g/mol. The molecule has 0 aliphatic rings. The van der Waals surface area contributed by atoms with Gasteiger partial charge in [0, 0.05) is 12.8 Å². The number of carbonyl (C=O) groups is 2. The summed E-state index contributed by atoms with van der Waals surface area (Å²) in [6, 6.07) is 0. The molecule has 0 bridgehead atoms. The van der Waals surface area contributed by atoms with Gasteiger partial charge in [-0.2, -0.15) is 0 Å². The summed E-state index contributed by atoms with van der Waals surface area (Å²) in [5.41, 5.74) is 0. The fourth-order valence-corrected chi connectivity index (χ4v) is 9.78. The molecule has 0 radical (unpaired) electrons. The van der Waals surface area contributed by atoms with Crippen molar-refractivity contribution in [1.29, 1.82) is 0 Å². The number of hydrogen-bond acceptors (Lipinski definition) is 5. The highest BCUT2D eigenvalue weighted by Crippen LogP contribution is 2.16. The molecular weight excluding hydrogens is 1120 g/mol. The summed E-state index contributed by atoms with van der Waals surface area (Å²) in [6.07, 6.45) is 128. The highest BCUT2D eigenvalue weighted by atomic mass is 16.6. The Labute approximate surface area is 567 Å².